The number of aromatic nitrogens is 2. The Morgan fingerprint density at radius 3 is 2.19 bits per heavy atom. The van der Waals surface area contributed by atoms with E-state index in [1.807, 2.05) is 32.0 Å². The normalized spacial score (nSPS) is 15.3. The number of nitrogens with one attached hydrogen (secondary N) is 1. The lowest BCUT2D eigenvalue weighted by Crippen LogP contribution is -2.31. The van der Waals surface area contributed by atoms with Crippen LogP contribution < -0.4 is 5.32 Å². The van der Waals surface area contributed by atoms with Gasteiger partial charge < -0.3 is 4.42 Å². The molecule has 0 saturated carbocycles. The summed E-state index contributed by atoms with van der Waals surface area (Å²) >= 11 is 0. The van der Waals surface area contributed by atoms with E-state index in [4.69, 9.17) is 4.42 Å². The smallest absolute Gasteiger partial charge is 0.322 e. The Morgan fingerprint density at radius 1 is 0.938 bits per heavy atom. The Labute approximate surface area is 187 Å². The van der Waals surface area contributed by atoms with Crippen molar-refractivity contribution in [3.05, 3.63) is 59.2 Å². The van der Waals surface area contributed by atoms with Crippen LogP contribution in [0.4, 0.5) is 6.01 Å². The zero-order valence-corrected chi connectivity index (χ0v) is 19.0. The molecule has 1 aromatic heterocycles. The molecule has 3 aromatic rings. The van der Waals surface area contributed by atoms with Gasteiger partial charge in [-0.25, -0.2) is 8.42 Å². The highest BCUT2D eigenvalue weighted by Gasteiger charge is 2.25. The maximum atomic E-state index is 12.9. The number of anilines is 1. The molecular weight excluding hydrogens is 428 g/mol. The van der Waals surface area contributed by atoms with Gasteiger partial charge in [-0.15, -0.1) is 5.10 Å². The van der Waals surface area contributed by atoms with Crippen molar-refractivity contribution < 1.29 is 17.6 Å². The lowest BCUT2D eigenvalue weighted by Gasteiger charge is -2.19. The zero-order valence-electron chi connectivity index (χ0n) is 18.2. The predicted octanol–water partition coefficient (Wildman–Crippen LogP) is 4.17. The molecule has 0 unspecified atom stereocenters. The van der Waals surface area contributed by atoms with Crippen molar-refractivity contribution in [1.29, 1.82) is 0 Å². The van der Waals surface area contributed by atoms with E-state index < -0.39 is 15.9 Å². The average Bonchev–Trinajstić information content (AvgIpc) is 3.04. The summed E-state index contributed by atoms with van der Waals surface area (Å²) < 4.78 is 32.9. The third-order valence-corrected chi connectivity index (χ3v) is 7.35. The third-order valence-electron chi connectivity index (χ3n) is 5.43. The van der Waals surface area contributed by atoms with Gasteiger partial charge in [0.15, 0.2) is 0 Å². The second-order valence-corrected chi connectivity index (χ2v) is 10.0. The molecule has 0 aliphatic carbocycles. The number of hydrogen-bond acceptors (Lipinski definition) is 6. The molecule has 1 aliphatic heterocycles. The van der Waals surface area contributed by atoms with Gasteiger partial charge in [0.2, 0.25) is 15.9 Å². The number of amides is 1. The Bertz CT molecular complexity index is 1190. The molecule has 1 fully saturated rings. The maximum Gasteiger partial charge on any atom is 0.322 e. The summed E-state index contributed by atoms with van der Waals surface area (Å²) in [6.07, 6.45) is 3.83. The summed E-state index contributed by atoms with van der Waals surface area (Å²) in [5.74, 6) is -0.148. The predicted molar refractivity (Wildman–Crippen MR) is 121 cm³/mol. The monoisotopic (exact) mass is 454 g/mol. The van der Waals surface area contributed by atoms with Crippen LogP contribution in [0.15, 0.2) is 51.8 Å². The molecule has 0 radical (unpaired) electrons. The Morgan fingerprint density at radius 2 is 1.56 bits per heavy atom. The molecule has 8 nitrogen and oxygen atoms in total. The molecule has 0 bridgehead atoms. The van der Waals surface area contributed by atoms with Gasteiger partial charge in [-0.2, -0.15) is 4.31 Å². The van der Waals surface area contributed by atoms with Gasteiger partial charge >= 0.3 is 6.01 Å². The molecule has 168 valence electrons. The molecule has 2 heterocycles. The highest BCUT2D eigenvalue weighted by Crippen LogP contribution is 2.24. The molecular formula is C23H26N4O4S. The Hall–Kier alpha value is -3.04. The van der Waals surface area contributed by atoms with Crippen LogP contribution in [0.2, 0.25) is 0 Å². The van der Waals surface area contributed by atoms with Gasteiger partial charge in [-0.1, -0.05) is 35.1 Å². The number of nitrogens with zero attached hydrogens (tertiary/aromatic N) is 3. The molecule has 0 spiro atoms. The molecule has 2 aromatic carbocycles. The van der Waals surface area contributed by atoms with Crippen LogP contribution in [0.25, 0.3) is 11.5 Å². The van der Waals surface area contributed by atoms with Crippen LogP contribution in [0.3, 0.4) is 0 Å². The van der Waals surface area contributed by atoms with Crippen molar-refractivity contribution in [2.24, 2.45) is 0 Å². The van der Waals surface area contributed by atoms with Gasteiger partial charge in [-0.3, -0.25) is 10.1 Å². The van der Waals surface area contributed by atoms with E-state index in [0.717, 1.165) is 42.4 Å². The molecule has 1 amide bonds. The molecule has 9 heteroatoms. The minimum atomic E-state index is -3.56. The number of rotatable bonds is 5. The van der Waals surface area contributed by atoms with E-state index in [-0.39, 0.29) is 10.9 Å². The summed E-state index contributed by atoms with van der Waals surface area (Å²) in [5.41, 5.74) is 3.21. The fourth-order valence-corrected chi connectivity index (χ4v) is 5.38. The summed E-state index contributed by atoms with van der Waals surface area (Å²) in [6.45, 7) is 5.02. The molecule has 1 saturated heterocycles. The van der Waals surface area contributed by atoms with Crippen LogP contribution in [0.5, 0.6) is 0 Å². The lowest BCUT2D eigenvalue weighted by molar-refractivity contribution is 0.102. The van der Waals surface area contributed by atoms with Crippen LogP contribution in [0, 0.1) is 13.8 Å². The fourth-order valence-electron chi connectivity index (χ4n) is 3.87. The van der Waals surface area contributed by atoms with Crippen molar-refractivity contribution in [1.82, 2.24) is 14.5 Å². The zero-order chi connectivity index (χ0) is 22.7. The molecule has 1 N–H and O–H groups in total. The van der Waals surface area contributed by atoms with E-state index in [2.05, 4.69) is 15.5 Å². The van der Waals surface area contributed by atoms with Gasteiger partial charge in [0, 0.05) is 24.2 Å². The van der Waals surface area contributed by atoms with Gasteiger partial charge in [0.1, 0.15) is 0 Å². The average molecular weight is 455 g/mol. The number of carbonyl (C=O) groups is 1. The van der Waals surface area contributed by atoms with Gasteiger partial charge in [-0.05, 0) is 63.1 Å². The van der Waals surface area contributed by atoms with Gasteiger partial charge in [0.05, 0.1) is 4.90 Å². The molecule has 32 heavy (non-hydrogen) atoms. The first kappa shape index (κ1) is 22.2. The molecule has 1 aliphatic rings. The van der Waals surface area contributed by atoms with Crippen molar-refractivity contribution in [3.8, 4) is 11.5 Å². The van der Waals surface area contributed by atoms with Crippen molar-refractivity contribution >= 4 is 21.9 Å². The third kappa shape index (κ3) is 4.89. The first-order valence-electron chi connectivity index (χ1n) is 10.7. The number of aryl methyl sites for hydroxylation is 2. The SMILES string of the molecule is Cc1cc(C)cc(-c2nnc(NC(=O)c3ccc(S(=O)(=O)N4CCCCCC4)cc3)o2)c1. The highest BCUT2D eigenvalue weighted by atomic mass is 32.2. The van der Waals surface area contributed by atoms with E-state index in [1.54, 1.807) is 0 Å². The number of carbonyl (C=O) groups excluding carboxylic acids is 1. The number of hydrogen-bond donors (Lipinski definition) is 1. The maximum absolute atomic E-state index is 12.9. The summed E-state index contributed by atoms with van der Waals surface area (Å²) in [4.78, 5) is 12.8. The van der Waals surface area contributed by atoms with Crippen LogP contribution >= 0.6 is 0 Å². The summed E-state index contributed by atoms with van der Waals surface area (Å²) in [6, 6.07) is 11.8. The second-order valence-electron chi connectivity index (χ2n) is 8.09. The second kappa shape index (κ2) is 9.22. The van der Waals surface area contributed by atoms with Crippen LogP contribution in [0.1, 0.15) is 47.2 Å². The van der Waals surface area contributed by atoms with Crippen molar-refractivity contribution in [2.75, 3.05) is 18.4 Å². The van der Waals surface area contributed by atoms with E-state index in [1.165, 1.54) is 28.6 Å². The topological polar surface area (TPSA) is 105 Å². The minimum Gasteiger partial charge on any atom is -0.403 e. The molecule has 4 rings (SSSR count). The quantitative estimate of drug-likeness (QED) is 0.620. The fraction of sp³-hybridized carbons (Fsp3) is 0.348. The van der Waals surface area contributed by atoms with Crippen molar-refractivity contribution in [3.63, 3.8) is 0 Å². The summed E-state index contributed by atoms with van der Waals surface area (Å²) in [5, 5.41) is 10.5. The summed E-state index contributed by atoms with van der Waals surface area (Å²) in [7, 11) is -3.56. The van der Waals surface area contributed by atoms with E-state index >= 15 is 0 Å². The first-order chi connectivity index (χ1) is 15.3. The minimum absolute atomic E-state index is 0.0228. The highest BCUT2D eigenvalue weighted by molar-refractivity contribution is 7.89. The largest absolute Gasteiger partial charge is 0.403 e. The Balaban J connectivity index is 1.46. The van der Waals surface area contributed by atoms with Crippen LogP contribution in [-0.4, -0.2) is 41.9 Å². The lowest BCUT2D eigenvalue weighted by atomic mass is 10.1. The van der Waals surface area contributed by atoms with Crippen molar-refractivity contribution in [2.45, 2.75) is 44.4 Å². The van der Waals surface area contributed by atoms with Gasteiger partial charge in [0.25, 0.3) is 5.91 Å². The standard InChI is InChI=1S/C23H26N4O4S/c1-16-13-17(2)15-19(14-16)22-25-26-23(31-22)24-21(28)18-7-9-20(10-8-18)32(29,30)27-11-5-3-4-6-12-27/h7-10,13-15H,3-6,11-12H2,1-2H3,(H,24,26,28). The van der Waals surface area contributed by atoms with E-state index in [9.17, 15) is 13.2 Å². The van der Waals surface area contributed by atoms with E-state index in [0.29, 0.717) is 24.5 Å². The number of sulfonamides is 1. The first-order valence-corrected chi connectivity index (χ1v) is 12.1. The Kier molecular flexibility index (Phi) is 6.38. The molecule has 0 atom stereocenters. The van der Waals surface area contributed by atoms with Crippen LogP contribution in [-0.2, 0) is 10.0 Å². The number of benzene rings is 2.